The number of hydrogen-bond acceptors (Lipinski definition) is 6. The van der Waals surface area contributed by atoms with Crippen molar-refractivity contribution in [3.8, 4) is 5.75 Å². The second-order valence-corrected chi connectivity index (χ2v) is 7.95. The Labute approximate surface area is 177 Å². The SMILES string of the molecule is C=C1C(C)CCC(=O)C2=C(N=CC2C(C)CCOc2ccc(N=CNO)cc2)N1C. The van der Waals surface area contributed by atoms with E-state index in [0.717, 1.165) is 35.7 Å². The predicted molar refractivity (Wildman–Crippen MR) is 118 cm³/mol. The van der Waals surface area contributed by atoms with E-state index >= 15 is 0 Å². The van der Waals surface area contributed by atoms with Gasteiger partial charge in [0.15, 0.2) is 5.78 Å². The van der Waals surface area contributed by atoms with Crippen LogP contribution in [0.2, 0.25) is 0 Å². The summed E-state index contributed by atoms with van der Waals surface area (Å²) >= 11 is 0. The second-order valence-electron chi connectivity index (χ2n) is 7.95. The molecule has 30 heavy (non-hydrogen) atoms. The lowest BCUT2D eigenvalue weighted by Crippen LogP contribution is -2.28. The molecule has 0 spiro atoms. The molecule has 7 heteroatoms. The summed E-state index contributed by atoms with van der Waals surface area (Å²) in [7, 11) is 1.95. The number of aliphatic imine (C=N–C) groups is 2. The van der Waals surface area contributed by atoms with Crippen molar-refractivity contribution in [2.75, 3.05) is 13.7 Å². The molecule has 0 fully saturated rings. The smallest absolute Gasteiger partial charge is 0.163 e. The van der Waals surface area contributed by atoms with Crippen LogP contribution in [-0.2, 0) is 4.79 Å². The normalized spacial score (nSPS) is 22.9. The fraction of sp³-hybridized carbons (Fsp3) is 0.435. The van der Waals surface area contributed by atoms with Crippen molar-refractivity contribution in [1.29, 1.82) is 0 Å². The van der Waals surface area contributed by atoms with Crippen LogP contribution in [-0.4, -0.2) is 42.1 Å². The van der Waals surface area contributed by atoms with Gasteiger partial charge in [-0.05, 0) is 48.9 Å². The molecule has 3 rings (SSSR count). The number of hydrogen-bond donors (Lipinski definition) is 2. The third-order valence-electron chi connectivity index (χ3n) is 5.92. The number of carbonyl (C=O) groups excluding carboxylic acids is 1. The predicted octanol–water partition coefficient (Wildman–Crippen LogP) is 4.09. The molecule has 1 aromatic carbocycles. The molecule has 0 aliphatic carbocycles. The van der Waals surface area contributed by atoms with Crippen molar-refractivity contribution in [2.45, 2.75) is 33.1 Å². The number of ether oxygens (including phenoxy) is 1. The zero-order valence-corrected chi connectivity index (χ0v) is 17.8. The van der Waals surface area contributed by atoms with Gasteiger partial charge in [0.1, 0.15) is 17.9 Å². The van der Waals surface area contributed by atoms with Crippen LogP contribution in [0.15, 0.2) is 57.9 Å². The highest BCUT2D eigenvalue weighted by Gasteiger charge is 2.35. The van der Waals surface area contributed by atoms with Crippen molar-refractivity contribution in [3.63, 3.8) is 0 Å². The summed E-state index contributed by atoms with van der Waals surface area (Å²) in [5, 5.41) is 8.53. The van der Waals surface area contributed by atoms with Crippen molar-refractivity contribution >= 4 is 24.0 Å². The number of ketones is 1. The summed E-state index contributed by atoms with van der Waals surface area (Å²) in [6.07, 6.45) is 5.27. The molecule has 0 saturated carbocycles. The fourth-order valence-electron chi connectivity index (χ4n) is 3.84. The van der Waals surface area contributed by atoms with Gasteiger partial charge in [0, 0.05) is 36.9 Å². The first-order chi connectivity index (χ1) is 14.4. The molecule has 160 valence electrons. The molecule has 3 unspecified atom stereocenters. The fourth-order valence-corrected chi connectivity index (χ4v) is 3.84. The minimum Gasteiger partial charge on any atom is -0.494 e. The Morgan fingerprint density at radius 1 is 1.43 bits per heavy atom. The van der Waals surface area contributed by atoms with E-state index in [1.54, 1.807) is 0 Å². The number of rotatable bonds is 7. The monoisotopic (exact) mass is 410 g/mol. The van der Waals surface area contributed by atoms with Crippen LogP contribution in [0.4, 0.5) is 5.69 Å². The maximum absolute atomic E-state index is 12.9. The Hall–Kier alpha value is -2.93. The van der Waals surface area contributed by atoms with Crippen LogP contribution >= 0.6 is 0 Å². The number of benzene rings is 1. The molecule has 0 amide bonds. The third kappa shape index (κ3) is 4.79. The average molecular weight is 411 g/mol. The summed E-state index contributed by atoms with van der Waals surface area (Å²) in [5.74, 6) is 2.20. The molecule has 2 heterocycles. The third-order valence-corrected chi connectivity index (χ3v) is 5.92. The summed E-state index contributed by atoms with van der Waals surface area (Å²) in [4.78, 5) is 23.5. The lowest BCUT2D eigenvalue weighted by atomic mass is 9.82. The molecule has 2 aliphatic heterocycles. The minimum atomic E-state index is 0.00227. The van der Waals surface area contributed by atoms with Crippen LogP contribution in [0.1, 0.15) is 33.1 Å². The van der Waals surface area contributed by atoms with E-state index < -0.39 is 0 Å². The number of allylic oxidation sites excluding steroid dienone is 2. The van der Waals surface area contributed by atoms with Gasteiger partial charge in [0.2, 0.25) is 0 Å². The van der Waals surface area contributed by atoms with E-state index in [0.29, 0.717) is 18.7 Å². The van der Waals surface area contributed by atoms with Gasteiger partial charge in [0.05, 0.1) is 12.3 Å². The summed E-state index contributed by atoms with van der Waals surface area (Å²) in [6, 6.07) is 7.30. The van der Waals surface area contributed by atoms with Crippen LogP contribution < -0.4 is 10.2 Å². The summed E-state index contributed by atoms with van der Waals surface area (Å²) in [5.41, 5.74) is 4.41. The van der Waals surface area contributed by atoms with Crippen molar-refractivity contribution in [3.05, 3.63) is 47.9 Å². The number of carbonyl (C=O) groups is 1. The Bertz CT molecular complexity index is 873. The van der Waals surface area contributed by atoms with Gasteiger partial charge in [0.25, 0.3) is 0 Å². The van der Waals surface area contributed by atoms with Gasteiger partial charge in [-0.2, -0.15) is 0 Å². The Morgan fingerprint density at radius 2 is 2.17 bits per heavy atom. The summed E-state index contributed by atoms with van der Waals surface area (Å²) < 4.78 is 5.87. The van der Waals surface area contributed by atoms with Crippen LogP contribution in [0, 0.1) is 17.8 Å². The lowest BCUT2D eigenvalue weighted by Gasteiger charge is -2.30. The van der Waals surface area contributed by atoms with E-state index in [2.05, 4.69) is 30.4 Å². The van der Waals surface area contributed by atoms with E-state index in [1.165, 1.54) is 6.34 Å². The zero-order valence-electron chi connectivity index (χ0n) is 17.8. The largest absolute Gasteiger partial charge is 0.494 e. The molecule has 0 saturated heterocycles. The maximum Gasteiger partial charge on any atom is 0.163 e. The van der Waals surface area contributed by atoms with Gasteiger partial charge >= 0.3 is 0 Å². The molecule has 0 radical (unpaired) electrons. The highest BCUT2D eigenvalue weighted by Crippen LogP contribution is 2.37. The van der Waals surface area contributed by atoms with Gasteiger partial charge in [-0.25, -0.2) is 9.98 Å². The quantitative estimate of drug-likeness (QED) is 0.402. The zero-order chi connectivity index (χ0) is 21.7. The number of Topliss-reactive ketones (excluding diaryl/α,β-unsaturated/α-hetero) is 1. The van der Waals surface area contributed by atoms with E-state index in [4.69, 9.17) is 9.94 Å². The number of hydroxylamine groups is 1. The van der Waals surface area contributed by atoms with E-state index in [1.807, 2.05) is 47.9 Å². The molecular weight excluding hydrogens is 380 g/mol. The molecule has 2 aliphatic rings. The average Bonchev–Trinajstić information content (AvgIpc) is 3.20. The van der Waals surface area contributed by atoms with Crippen LogP contribution in [0.25, 0.3) is 0 Å². The Morgan fingerprint density at radius 3 is 2.87 bits per heavy atom. The number of nitrogens with one attached hydrogen (secondary N) is 1. The Kier molecular flexibility index (Phi) is 7.05. The molecule has 1 aromatic rings. The minimum absolute atomic E-state index is 0.00227. The molecule has 0 aromatic heterocycles. The molecule has 0 bridgehead atoms. The highest BCUT2D eigenvalue weighted by molar-refractivity contribution is 6.01. The van der Waals surface area contributed by atoms with Crippen molar-refractivity contribution < 1.29 is 14.7 Å². The van der Waals surface area contributed by atoms with Gasteiger partial charge in [-0.3, -0.25) is 15.5 Å². The summed E-state index contributed by atoms with van der Waals surface area (Å²) in [6.45, 7) is 8.99. The second kappa shape index (κ2) is 9.71. The van der Waals surface area contributed by atoms with Gasteiger partial charge < -0.3 is 9.64 Å². The molecule has 2 N–H and O–H groups in total. The highest BCUT2D eigenvalue weighted by atomic mass is 16.5. The number of nitrogens with zero attached hydrogens (tertiary/aromatic N) is 3. The van der Waals surface area contributed by atoms with Gasteiger partial charge in [-0.15, -0.1) is 0 Å². The van der Waals surface area contributed by atoms with Crippen LogP contribution in [0.5, 0.6) is 5.75 Å². The first-order valence-electron chi connectivity index (χ1n) is 10.3. The van der Waals surface area contributed by atoms with Crippen molar-refractivity contribution in [1.82, 2.24) is 10.4 Å². The van der Waals surface area contributed by atoms with E-state index in [-0.39, 0.29) is 23.5 Å². The Balaban J connectivity index is 1.62. The standard InChI is InChI=1S/C23H30N4O3/c1-15-5-10-21(28)22-20(13-24-23(22)27(4)17(15)3)16(2)11-12-30-19-8-6-18(7-9-19)25-14-26-29/h6-9,13-16,20,29H,3,5,10-12H2,1-2,4H3,(H,25,26). The first-order valence-corrected chi connectivity index (χ1v) is 10.3. The molecule has 7 nitrogen and oxygen atoms in total. The first kappa shape index (κ1) is 21.8. The molecular formula is C23H30N4O3. The van der Waals surface area contributed by atoms with Crippen LogP contribution in [0.3, 0.4) is 0 Å². The lowest BCUT2D eigenvalue weighted by molar-refractivity contribution is -0.116. The topological polar surface area (TPSA) is 86.5 Å². The van der Waals surface area contributed by atoms with E-state index in [9.17, 15) is 4.79 Å². The maximum atomic E-state index is 12.9. The van der Waals surface area contributed by atoms with Gasteiger partial charge in [-0.1, -0.05) is 20.4 Å². The van der Waals surface area contributed by atoms with Crippen molar-refractivity contribution in [2.24, 2.45) is 27.7 Å². The molecule has 3 atom stereocenters.